The molecule has 0 aliphatic heterocycles. The maximum Gasteiger partial charge on any atom is 0.311 e. The van der Waals surface area contributed by atoms with Gasteiger partial charge < -0.3 is 4.90 Å². The van der Waals surface area contributed by atoms with Gasteiger partial charge in [0.05, 0.1) is 9.93 Å². The fraction of sp³-hybridized carbons (Fsp3) is 0.273. The highest BCUT2D eigenvalue weighted by Crippen LogP contribution is 2.23. The van der Waals surface area contributed by atoms with E-state index in [0.717, 1.165) is 11.4 Å². The minimum atomic E-state index is -0.414. The predicted molar refractivity (Wildman–Crippen MR) is 70.0 cm³/mol. The number of thiazole rings is 1. The number of anilines is 1. The van der Waals surface area contributed by atoms with Crippen LogP contribution < -0.4 is 4.90 Å². The van der Waals surface area contributed by atoms with Gasteiger partial charge in [0.15, 0.2) is 0 Å². The summed E-state index contributed by atoms with van der Waals surface area (Å²) in [6.07, 6.45) is 4.06. The number of likely N-dealkylation sites (N-methyl/N-ethyl adjacent to an activating group) is 1. The second kappa shape index (κ2) is 5.54. The molecular weight excluding hydrogens is 252 g/mol. The molecule has 2 aromatic rings. The van der Waals surface area contributed by atoms with Crippen LogP contribution in [0.2, 0.25) is 0 Å². The van der Waals surface area contributed by atoms with E-state index >= 15 is 0 Å². The van der Waals surface area contributed by atoms with Crippen molar-refractivity contribution in [1.82, 2.24) is 9.97 Å². The zero-order valence-corrected chi connectivity index (χ0v) is 10.6. The lowest BCUT2D eigenvalue weighted by Crippen LogP contribution is -2.22. The smallest absolute Gasteiger partial charge is 0.311 e. The predicted octanol–water partition coefficient (Wildman–Crippen LogP) is 2.13. The molecule has 0 spiro atoms. The monoisotopic (exact) mass is 264 g/mol. The standard InChI is InChI=1S/C11H12N4O2S/c1-14(7-4-10-12-6-8-18-10)11-9(15(16)17)3-2-5-13-11/h2-3,5-6,8H,4,7H2,1H3. The molecule has 0 aliphatic rings. The number of pyridine rings is 1. The summed E-state index contributed by atoms with van der Waals surface area (Å²) in [7, 11) is 1.79. The van der Waals surface area contributed by atoms with Crippen molar-refractivity contribution in [2.45, 2.75) is 6.42 Å². The summed E-state index contributed by atoms with van der Waals surface area (Å²) >= 11 is 1.58. The highest BCUT2D eigenvalue weighted by molar-refractivity contribution is 7.09. The SMILES string of the molecule is CN(CCc1nccs1)c1ncccc1[N+](=O)[O-]. The Morgan fingerprint density at radius 3 is 2.94 bits per heavy atom. The normalized spacial score (nSPS) is 10.3. The van der Waals surface area contributed by atoms with Gasteiger partial charge in [0.2, 0.25) is 5.82 Å². The van der Waals surface area contributed by atoms with Crippen LogP contribution in [0.4, 0.5) is 11.5 Å². The highest BCUT2D eigenvalue weighted by Gasteiger charge is 2.17. The Hall–Kier alpha value is -2.02. The van der Waals surface area contributed by atoms with E-state index in [1.54, 1.807) is 41.7 Å². The van der Waals surface area contributed by atoms with Crippen molar-refractivity contribution in [3.63, 3.8) is 0 Å². The Kier molecular flexibility index (Phi) is 3.83. The second-order valence-corrected chi connectivity index (χ2v) is 4.68. The van der Waals surface area contributed by atoms with Gasteiger partial charge in [-0.2, -0.15) is 0 Å². The van der Waals surface area contributed by atoms with Crippen molar-refractivity contribution in [3.05, 3.63) is 45.0 Å². The molecule has 18 heavy (non-hydrogen) atoms. The summed E-state index contributed by atoms with van der Waals surface area (Å²) in [5.41, 5.74) is 0.0270. The van der Waals surface area contributed by atoms with Crippen molar-refractivity contribution in [2.75, 3.05) is 18.5 Å². The lowest BCUT2D eigenvalue weighted by atomic mass is 10.3. The largest absolute Gasteiger partial charge is 0.354 e. The van der Waals surface area contributed by atoms with Crippen LogP contribution in [0.5, 0.6) is 0 Å². The Labute approximate surface area is 108 Å². The summed E-state index contributed by atoms with van der Waals surface area (Å²) < 4.78 is 0. The van der Waals surface area contributed by atoms with Gasteiger partial charge in [-0.25, -0.2) is 9.97 Å². The number of nitro groups is 1. The van der Waals surface area contributed by atoms with E-state index in [2.05, 4.69) is 9.97 Å². The van der Waals surface area contributed by atoms with Crippen molar-refractivity contribution in [3.8, 4) is 0 Å². The highest BCUT2D eigenvalue weighted by atomic mass is 32.1. The third-order valence-corrected chi connectivity index (χ3v) is 3.31. The van der Waals surface area contributed by atoms with E-state index in [1.165, 1.54) is 6.07 Å². The minimum Gasteiger partial charge on any atom is -0.354 e. The molecule has 0 atom stereocenters. The molecule has 0 saturated carbocycles. The molecule has 0 saturated heterocycles. The first-order valence-electron chi connectivity index (χ1n) is 5.37. The van der Waals surface area contributed by atoms with Crippen LogP contribution in [-0.4, -0.2) is 28.5 Å². The van der Waals surface area contributed by atoms with E-state index in [9.17, 15) is 10.1 Å². The molecule has 2 rings (SSSR count). The third-order valence-electron chi connectivity index (χ3n) is 2.47. The number of nitrogens with zero attached hydrogens (tertiary/aromatic N) is 4. The Morgan fingerprint density at radius 2 is 2.28 bits per heavy atom. The number of rotatable bonds is 5. The van der Waals surface area contributed by atoms with E-state index in [0.29, 0.717) is 12.4 Å². The Morgan fingerprint density at radius 1 is 1.44 bits per heavy atom. The van der Waals surface area contributed by atoms with E-state index < -0.39 is 4.92 Å². The van der Waals surface area contributed by atoms with Gasteiger partial charge in [-0.15, -0.1) is 11.3 Å². The van der Waals surface area contributed by atoms with Gasteiger partial charge in [-0.3, -0.25) is 10.1 Å². The molecule has 0 aliphatic carbocycles. The van der Waals surface area contributed by atoms with E-state index in [-0.39, 0.29) is 5.69 Å². The zero-order chi connectivity index (χ0) is 13.0. The van der Waals surface area contributed by atoms with E-state index in [1.807, 2.05) is 5.38 Å². The molecule has 7 heteroatoms. The van der Waals surface area contributed by atoms with Crippen LogP contribution in [0, 0.1) is 10.1 Å². The van der Waals surface area contributed by atoms with Gasteiger partial charge in [-0.1, -0.05) is 0 Å². The van der Waals surface area contributed by atoms with Gasteiger partial charge in [0.1, 0.15) is 0 Å². The molecule has 2 aromatic heterocycles. The Bertz CT molecular complexity index is 530. The topological polar surface area (TPSA) is 72.2 Å². The molecule has 0 amide bonds. The first-order valence-corrected chi connectivity index (χ1v) is 6.25. The molecule has 0 unspecified atom stereocenters. The second-order valence-electron chi connectivity index (χ2n) is 3.70. The van der Waals surface area contributed by atoms with E-state index in [4.69, 9.17) is 0 Å². The third kappa shape index (κ3) is 2.80. The Balaban J connectivity index is 2.09. The maximum atomic E-state index is 10.9. The number of hydrogen-bond donors (Lipinski definition) is 0. The lowest BCUT2D eigenvalue weighted by molar-refractivity contribution is -0.384. The van der Waals surface area contributed by atoms with Crippen LogP contribution in [0.1, 0.15) is 5.01 Å². The minimum absolute atomic E-state index is 0.0270. The number of hydrogen-bond acceptors (Lipinski definition) is 6. The van der Waals surface area contributed by atoms with Crippen molar-refractivity contribution >= 4 is 22.8 Å². The fourth-order valence-electron chi connectivity index (χ4n) is 1.57. The fourth-order valence-corrected chi connectivity index (χ4v) is 2.18. The summed E-state index contributed by atoms with van der Waals surface area (Å²) in [6.45, 7) is 0.644. The maximum absolute atomic E-state index is 10.9. The summed E-state index contributed by atoms with van der Waals surface area (Å²) in [5.74, 6) is 0.388. The average Bonchev–Trinajstić information content (AvgIpc) is 2.89. The quantitative estimate of drug-likeness (QED) is 0.611. The van der Waals surface area contributed by atoms with Gasteiger partial charge in [0.25, 0.3) is 0 Å². The molecule has 6 nitrogen and oxygen atoms in total. The van der Waals surface area contributed by atoms with Crippen molar-refractivity contribution in [2.24, 2.45) is 0 Å². The van der Waals surface area contributed by atoms with Crippen molar-refractivity contribution < 1.29 is 4.92 Å². The molecule has 94 valence electrons. The number of aromatic nitrogens is 2. The molecule has 0 N–H and O–H groups in total. The van der Waals surface area contributed by atoms with Crippen LogP contribution in [0.3, 0.4) is 0 Å². The first-order chi connectivity index (χ1) is 8.68. The average molecular weight is 264 g/mol. The lowest BCUT2D eigenvalue weighted by Gasteiger charge is -2.16. The van der Waals surface area contributed by atoms with Crippen LogP contribution in [0.15, 0.2) is 29.9 Å². The van der Waals surface area contributed by atoms with Crippen LogP contribution in [-0.2, 0) is 6.42 Å². The summed E-state index contributed by atoms with van der Waals surface area (Å²) in [5, 5.41) is 13.8. The van der Waals surface area contributed by atoms with Gasteiger partial charge in [-0.05, 0) is 6.07 Å². The molecule has 0 bridgehead atoms. The van der Waals surface area contributed by atoms with Crippen molar-refractivity contribution in [1.29, 1.82) is 0 Å². The molecule has 0 fully saturated rings. The van der Waals surface area contributed by atoms with Gasteiger partial charge in [0, 0.05) is 43.9 Å². The van der Waals surface area contributed by atoms with Crippen LogP contribution >= 0.6 is 11.3 Å². The molecule has 2 heterocycles. The summed E-state index contributed by atoms with van der Waals surface area (Å²) in [6, 6.07) is 3.03. The molecule has 0 radical (unpaired) electrons. The summed E-state index contributed by atoms with van der Waals surface area (Å²) in [4.78, 5) is 20.5. The molecular formula is C11H12N4O2S. The van der Waals surface area contributed by atoms with Crippen LogP contribution in [0.25, 0.3) is 0 Å². The zero-order valence-electron chi connectivity index (χ0n) is 9.81. The first kappa shape index (κ1) is 12.4. The molecule has 0 aromatic carbocycles. The van der Waals surface area contributed by atoms with Gasteiger partial charge >= 0.3 is 5.69 Å².